The van der Waals surface area contributed by atoms with Crippen molar-refractivity contribution in [1.29, 1.82) is 0 Å². The third kappa shape index (κ3) is 2.95. The smallest absolute Gasteiger partial charge is 0.186 e. The second-order valence-corrected chi connectivity index (χ2v) is 8.50. The van der Waals surface area contributed by atoms with Crippen LogP contribution in [0.25, 0.3) is 11.1 Å². The van der Waals surface area contributed by atoms with Crippen LogP contribution >= 0.6 is 23.2 Å². The maximum absolute atomic E-state index is 11.2. The first-order chi connectivity index (χ1) is 11.5. The quantitative estimate of drug-likeness (QED) is 0.659. The predicted molar refractivity (Wildman–Crippen MR) is 99.7 cm³/mol. The summed E-state index contributed by atoms with van der Waals surface area (Å²) in [5.74, 6) is 0. The number of hydrogen-bond donors (Lipinski definition) is 1. The molecule has 0 bridgehead atoms. The molecule has 1 saturated carbocycles. The Balaban J connectivity index is 1.78. The molecule has 1 atom stereocenters. The molecule has 2 aliphatic carbocycles. The summed E-state index contributed by atoms with van der Waals surface area (Å²) < 4.78 is 20.4. The summed E-state index contributed by atoms with van der Waals surface area (Å²) in [4.78, 5) is 0.426. The highest BCUT2D eigenvalue weighted by atomic mass is 35.5. The Hall–Kier alpha value is -1.13. The molecule has 2 aromatic rings. The molecule has 0 aromatic heterocycles. The van der Waals surface area contributed by atoms with Crippen LogP contribution in [0.3, 0.4) is 0 Å². The monoisotopic (exact) mass is 378 g/mol. The largest absolute Gasteiger partial charge is 0.302 e. The Morgan fingerprint density at radius 3 is 2.00 bits per heavy atom. The second-order valence-electron chi connectivity index (χ2n) is 6.71. The fraction of sp³-hybridized carbons (Fsp3) is 0.263. The van der Waals surface area contributed by atoms with Gasteiger partial charge < -0.3 is 4.55 Å². The van der Waals surface area contributed by atoms with Gasteiger partial charge in [-0.2, -0.15) is 0 Å². The van der Waals surface area contributed by atoms with Crippen molar-refractivity contribution in [3.05, 3.63) is 63.6 Å². The van der Waals surface area contributed by atoms with Gasteiger partial charge in [0.25, 0.3) is 0 Å². The van der Waals surface area contributed by atoms with Crippen LogP contribution in [0.5, 0.6) is 0 Å². The van der Waals surface area contributed by atoms with E-state index in [1.54, 1.807) is 12.1 Å². The summed E-state index contributed by atoms with van der Waals surface area (Å²) in [6, 6.07) is 13.2. The van der Waals surface area contributed by atoms with Crippen LogP contribution in [-0.4, -0.2) is 8.76 Å². The zero-order valence-corrected chi connectivity index (χ0v) is 15.2. The van der Waals surface area contributed by atoms with Crippen molar-refractivity contribution in [2.45, 2.75) is 30.6 Å². The first-order valence-corrected chi connectivity index (χ1v) is 9.72. The van der Waals surface area contributed by atoms with Gasteiger partial charge in [-0.05, 0) is 77.6 Å². The van der Waals surface area contributed by atoms with Crippen LogP contribution < -0.4 is 0 Å². The van der Waals surface area contributed by atoms with Gasteiger partial charge in [0.15, 0.2) is 11.1 Å². The Morgan fingerprint density at radius 1 is 0.875 bits per heavy atom. The van der Waals surface area contributed by atoms with Gasteiger partial charge in [-0.1, -0.05) is 41.4 Å². The molecular weight excluding hydrogens is 363 g/mol. The number of rotatable bonds is 3. The molecule has 2 aromatic carbocycles. The van der Waals surface area contributed by atoms with Crippen LogP contribution in [0.4, 0.5) is 0 Å². The molecule has 0 aliphatic heterocycles. The van der Waals surface area contributed by atoms with Crippen molar-refractivity contribution >= 4 is 45.4 Å². The minimum absolute atomic E-state index is 0.412. The van der Waals surface area contributed by atoms with Gasteiger partial charge in [0.05, 0.1) is 14.9 Å². The van der Waals surface area contributed by atoms with Crippen LogP contribution in [0.2, 0.25) is 10.0 Å². The van der Waals surface area contributed by atoms with Crippen LogP contribution in [-0.2, 0) is 11.1 Å². The molecule has 1 spiro atoms. The number of allylic oxidation sites excluding steroid dienone is 2. The Kier molecular flexibility index (Phi) is 4.08. The fourth-order valence-electron chi connectivity index (χ4n) is 3.57. The Labute approximate surface area is 153 Å². The molecule has 1 N–H and O–H groups in total. The van der Waals surface area contributed by atoms with Crippen molar-refractivity contribution in [3.63, 3.8) is 0 Å². The minimum Gasteiger partial charge on any atom is -0.302 e. The molecule has 124 valence electrons. The fourth-order valence-corrected chi connectivity index (χ4v) is 4.23. The molecule has 0 saturated heterocycles. The average molecular weight is 379 g/mol. The van der Waals surface area contributed by atoms with Gasteiger partial charge in [0, 0.05) is 0 Å². The van der Waals surface area contributed by atoms with Gasteiger partial charge in [0.1, 0.15) is 0 Å². The van der Waals surface area contributed by atoms with Crippen LogP contribution in [0.1, 0.15) is 36.8 Å². The number of halogens is 2. The van der Waals surface area contributed by atoms with Crippen molar-refractivity contribution in [1.82, 2.24) is 0 Å². The standard InChI is InChI=1S/C19H16Cl2O2S/c20-17-6-3-13(9-18(17)21)16-11-19(7-8-19)10-15(16)12-1-4-14(5-2-12)24(22)23/h1-6,9H,7-8,10-11H2,(H,22,23). The maximum Gasteiger partial charge on any atom is 0.186 e. The van der Waals surface area contributed by atoms with Gasteiger partial charge in [0.2, 0.25) is 0 Å². The van der Waals surface area contributed by atoms with Gasteiger partial charge in [-0.15, -0.1) is 0 Å². The Bertz CT molecular complexity index is 867. The minimum atomic E-state index is -1.94. The summed E-state index contributed by atoms with van der Waals surface area (Å²) in [6.45, 7) is 0. The van der Waals surface area contributed by atoms with E-state index in [9.17, 15) is 8.76 Å². The van der Waals surface area contributed by atoms with E-state index in [-0.39, 0.29) is 0 Å². The van der Waals surface area contributed by atoms with Crippen molar-refractivity contribution in [2.75, 3.05) is 0 Å². The lowest BCUT2D eigenvalue weighted by Crippen LogP contribution is -1.93. The lowest BCUT2D eigenvalue weighted by Gasteiger charge is -2.10. The molecule has 2 nitrogen and oxygen atoms in total. The second kappa shape index (κ2) is 5.99. The summed E-state index contributed by atoms with van der Waals surface area (Å²) in [7, 11) is 0. The van der Waals surface area contributed by atoms with Crippen molar-refractivity contribution < 1.29 is 8.76 Å². The summed E-state index contributed by atoms with van der Waals surface area (Å²) in [6.07, 6.45) is 4.65. The van der Waals surface area contributed by atoms with E-state index in [1.165, 1.54) is 24.0 Å². The molecule has 0 heterocycles. The molecule has 1 fully saturated rings. The molecule has 2 aliphatic rings. The number of hydrogen-bond acceptors (Lipinski definition) is 1. The highest BCUT2D eigenvalue weighted by molar-refractivity contribution is 7.79. The normalized spacial score (nSPS) is 19.8. The third-order valence-corrected chi connectivity index (χ3v) is 6.51. The van der Waals surface area contributed by atoms with Gasteiger partial charge in [-0.25, -0.2) is 4.21 Å². The zero-order chi connectivity index (χ0) is 16.9. The van der Waals surface area contributed by atoms with Gasteiger partial charge >= 0.3 is 0 Å². The topological polar surface area (TPSA) is 37.3 Å². The Morgan fingerprint density at radius 2 is 1.46 bits per heavy atom. The lowest BCUT2D eigenvalue weighted by molar-refractivity contribution is 0.564. The molecule has 5 heteroatoms. The van der Waals surface area contributed by atoms with Crippen molar-refractivity contribution in [2.24, 2.45) is 5.41 Å². The average Bonchev–Trinajstić information content (AvgIpc) is 3.21. The number of benzene rings is 2. The molecular formula is C19H16Cl2O2S. The first kappa shape index (κ1) is 16.3. The van der Waals surface area contributed by atoms with Gasteiger partial charge in [-0.3, -0.25) is 0 Å². The van der Waals surface area contributed by atoms with Crippen molar-refractivity contribution in [3.8, 4) is 0 Å². The van der Waals surface area contributed by atoms with E-state index >= 15 is 0 Å². The molecule has 4 rings (SSSR count). The highest BCUT2D eigenvalue weighted by Gasteiger charge is 2.48. The van der Waals surface area contributed by atoms with Crippen LogP contribution in [0, 0.1) is 5.41 Å². The van der Waals surface area contributed by atoms with E-state index in [0.717, 1.165) is 24.0 Å². The molecule has 0 amide bonds. The third-order valence-electron chi connectivity index (χ3n) is 5.10. The summed E-state index contributed by atoms with van der Waals surface area (Å²) in [5.41, 5.74) is 5.30. The van der Waals surface area contributed by atoms with E-state index in [2.05, 4.69) is 0 Å². The lowest BCUT2D eigenvalue weighted by atomic mass is 9.97. The molecule has 24 heavy (non-hydrogen) atoms. The zero-order valence-electron chi connectivity index (χ0n) is 12.9. The van der Waals surface area contributed by atoms with E-state index in [4.69, 9.17) is 23.2 Å². The summed E-state index contributed by atoms with van der Waals surface area (Å²) >= 11 is 10.3. The van der Waals surface area contributed by atoms with Crippen LogP contribution in [0.15, 0.2) is 47.4 Å². The first-order valence-electron chi connectivity index (χ1n) is 7.86. The van der Waals surface area contributed by atoms with E-state index in [0.29, 0.717) is 20.4 Å². The SMILES string of the molecule is O=S(O)c1ccc(C2=C(c3ccc(Cl)c(Cl)c3)CC3(CC3)C2)cc1. The van der Waals surface area contributed by atoms with E-state index < -0.39 is 11.1 Å². The molecule has 1 unspecified atom stereocenters. The maximum atomic E-state index is 11.2. The molecule has 0 radical (unpaired) electrons. The summed E-state index contributed by atoms with van der Waals surface area (Å²) in [5, 5.41) is 1.14. The predicted octanol–water partition coefficient (Wildman–Crippen LogP) is 6.06. The highest BCUT2D eigenvalue weighted by Crippen LogP contribution is 2.63. The van der Waals surface area contributed by atoms with E-state index in [1.807, 2.05) is 30.3 Å².